The first kappa shape index (κ1) is 45.2. The Kier molecular flexibility index (Phi) is 29.0. The first-order valence-corrected chi connectivity index (χ1v) is 13.3. The summed E-state index contributed by atoms with van der Waals surface area (Å²) in [5.74, 6) is -7.72. The van der Waals surface area contributed by atoms with Crippen molar-refractivity contribution in [1.82, 2.24) is 0 Å². The summed E-state index contributed by atoms with van der Waals surface area (Å²) in [6, 6.07) is 0. The van der Waals surface area contributed by atoms with Gasteiger partial charge in [0.15, 0.2) is 10.9 Å². The van der Waals surface area contributed by atoms with Crippen molar-refractivity contribution in [2.75, 3.05) is 6.61 Å². The maximum atomic E-state index is 11.6. The van der Waals surface area contributed by atoms with Crippen molar-refractivity contribution in [2.24, 2.45) is 0 Å². The van der Waals surface area contributed by atoms with E-state index in [0.29, 0.717) is 6.42 Å². The van der Waals surface area contributed by atoms with Gasteiger partial charge in [-0.2, -0.15) is 8.42 Å². The van der Waals surface area contributed by atoms with Crippen molar-refractivity contribution in [3.8, 4) is 0 Å². The van der Waals surface area contributed by atoms with Crippen LogP contribution in [0.5, 0.6) is 0 Å². The Hall–Kier alpha value is -0.780. The summed E-state index contributed by atoms with van der Waals surface area (Å²) in [6.07, 6.45) is 7.80. The number of carbonyl (C=O) groups is 5. The predicted molar refractivity (Wildman–Crippen MR) is 142 cm³/mol. The van der Waals surface area contributed by atoms with E-state index in [9.17, 15) is 32.4 Å². The molecular formula is C22H40Na2O14S. The van der Waals surface area contributed by atoms with E-state index in [4.69, 9.17) is 34.8 Å². The van der Waals surface area contributed by atoms with E-state index in [1.165, 1.54) is 38.5 Å². The van der Waals surface area contributed by atoms with Crippen LogP contribution in [0, 0.1) is 0 Å². The summed E-state index contributed by atoms with van der Waals surface area (Å²) in [5, 5.41) is 40.3. The second-order valence-electron chi connectivity index (χ2n) is 8.43. The summed E-state index contributed by atoms with van der Waals surface area (Å²) in [6.45, 7) is 2.22. The fraction of sp³-hybridized carbons (Fsp3) is 0.773. The number of carboxylic acid groups (broad SMARTS) is 4. The van der Waals surface area contributed by atoms with Gasteiger partial charge in [0.25, 0.3) is 10.1 Å². The molecule has 0 rings (SSSR count). The normalized spacial score (nSPS) is 11.5. The molecule has 1 atom stereocenters. The van der Waals surface area contributed by atoms with Crippen molar-refractivity contribution in [1.29, 1.82) is 0 Å². The number of aliphatic carboxylic acids is 4. The Morgan fingerprint density at radius 1 is 0.718 bits per heavy atom. The standard InChI is InChI=1S/C16H30O7S.C6H8O7.2Na.2H/c1-2-3-4-5-6-7-8-9-10-11-12-23-16(19)14(13-15(17)18)24(20,21)22;7-3(8)1-6(13,5(11)12)2-4(9)10;;;;/h14H,2-13H2,1H3,(H,17,18)(H,20,21,22);13H,1-2H2,(H,7,8)(H,9,10)(H,11,12);;;;. The van der Waals surface area contributed by atoms with E-state index in [1.807, 2.05) is 0 Å². The topological polar surface area (TPSA) is 250 Å². The molecule has 0 saturated carbocycles. The number of carbonyl (C=O) groups excluding carboxylic acids is 1. The Labute approximate surface area is 272 Å². The van der Waals surface area contributed by atoms with Crippen LogP contribution >= 0.6 is 0 Å². The first-order chi connectivity index (χ1) is 17.1. The third kappa shape index (κ3) is 25.9. The fourth-order valence-corrected chi connectivity index (χ4v) is 3.70. The van der Waals surface area contributed by atoms with Crippen LogP contribution in [0.15, 0.2) is 0 Å². The van der Waals surface area contributed by atoms with Crippen LogP contribution in [0.4, 0.5) is 0 Å². The van der Waals surface area contributed by atoms with Crippen molar-refractivity contribution < 1.29 is 67.2 Å². The van der Waals surface area contributed by atoms with E-state index >= 15 is 0 Å². The fourth-order valence-electron chi connectivity index (χ4n) is 3.04. The van der Waals surface area contributed by atoms with E-state index in [1.54, 1.807) is 0 Å². The molecule has 14 nitrogen and oxygen atoms in total. The number of hydrogen-bond acceptors (Lipinski definition) is 9. The van der Waals surface area contributed by atoms with E-state index in [2.05, 4.69) is 6.92 Å². The van der Waals surface area contributed by atoms with Crippen LogP contribution in [-0.2, 0) is 38.8 Å². The molecule has 0 aliphatic carbocycles. The molecule has 17 heteroatoms. The van der Waals surface area contributed by atoms with Crippen molar-refractivity contribution in [3.63, 3.8) is 0 Å². The van der Waals surface area contributed by atoms with Gasteiger partial charge >= 0.3 is 89.0 Å². The molecule has 0 heterocycles. The Balaban J connectivity index is -0.000000349. The maximum absolute atomic E-state index is 11.6. The van der Waals surface area contributed by atoms with Gasteiger partial charge in [-0.05, 0) is 6.42 Å². The van der Waals surface area contributed by atoms with Crippen molar-refractivity contribution in [3.05, 3.63) is 0 Å². The molecular weight excluding hydrogens is 566 g/mol. The summed E-state index contributed by atoms with van der Waals surface area (Å²) in [4.78, 5) is 52.6. The minimum absolute atomic E-state index is 0. The minimum atomic E-state index is -4.78. The monoisotopic (exact) mass is 606 g/mol. The number of hydrogen-bond donors (Lipinski definition) is 6. The molecule has 0 radical (unpaired) electrons. The molecule has 39 heavy (non-hydrogen) atoms. The average Bonchev–Trinajstić information content (AvgIpc) is 2.74. The molecule has 0 spiro atoms. The zero-order valence-corrected chi connectivity index (χ0v) is 21.7. The predicted octanol–water partition coefficient (Wildman–Crippen LogP) is 0.636. The molecule has 0 amide bonds. The number of ether oxygens (including phenoxy) is 1. The van der Waals surface area contributed by atoms with Gasteiger partial charge in [-0.1, -0.05) is 64.7 Å². The van der Waals surface area contributed by atoms with Gasteiger partial charge in [-0.25, -0.2) is 4.79 Å². The molecule has 1 unspecified atom stereocenters. The van der Waals surface area contributed by atoms with Gasteiger partial charge in [0.05, 0.1) is 25.9 Å². The Bertz CT molecular complexity index is 832. The summed E-state index contributed by atoms with van der Waals surface area (Å²) in [7, 11) is -4.78. The van der Waals surface area contributed by atoms with Gasteiger partial charge < -0.3 is 30.3 Å². The van der Waals surface area contributed by atoms with E-state index in [0.717, 1.165) is 19.3 Å². The number of carboxylic acids is 4. The Morgan fingerprint density at radius 3 is 1.41 bits per heavy atom. The molecule has 0 aliphatic heterocycles. The van der Waals surface area contributed by atoms with Crippen molar-refractivity contribution >= 4 is 99.1 Å². The van der Waals surface area contributed by atoms with E-state index in [-0.39, 0.29) is 65.7 Å². The van der Waals surface area contributed by atoms with Crippen molar-refractivity contribution in [2.45, 2.75) is 101 Å². The van der Waals surface area contributed by atoms with E-state index < -0.39 is 70.1 Å². The number of rotatable bonds is 20. The zero-order valence-electron chi connectivity index (χ0n) is 20.8. The van der Waals surface area contributed by atoms with Crippen LogP contribution in [0.2, 0.25) is 0 Å². The third-order valence-electron chi connectivity index (χ3n) is 5.01. The SMILES string of the molecule is CCCCCCCCCCCCOC(=O)C(CC(=O)O)S(=O)(=O)O.O=C(O)CC(O)(CC(=O)O)C(=O)O.[NaH].[NaH]. The first-order valence-electron chi connectivity index (χ1n) is 11.8. The van der Waals surface area contributed by atoms with Gasteiger partial charge in [0, 0.05) is 0 Å². The molecule has 0 bridgehead atoms. The molecule has 0 aromatic rings. The van der Waals surface area contributed by atoms with Gasteiger partial charge in [-0.15, -0.1) is 0 Å². The van der Waals surface area contributed by atoms with Gasteiger partial charge in [0.2, 0.25) is 0 Å². The third-order valence-corrected chi connectivity index (χ3v) is 6.09. The van der Waals surface area contributed by atoms with Crippen LogP contribution in [0.25, 0.3) is 0 Å². The number of esters is 1. The molecule has 6 N–H and O–H groups in total. The van der Waals surface area contributed by atoms with Crippen LogP contribution in [0.3, 0.4) is 0 Å². The molecule has 0 aliphatic rings. The van der Waals surface area contributed by atoms with Gasteiger partial charge in [0.1, 0.15) is 0 Å². The number of unbranched alkanes of at least 4 members (excludes halogenated alkanes) is 9. The van der Waals surface area contributed by atoms with Crippen LogP contribution in [0.1, 0.15) is 90.4 Å². The molecule has 0 fully saturated rings. The summed E-state index contributed by atoms with van der Waals surface area (Å²) >= 11 is 0. The summed E-state index contributed by atoms with van der Waals surface area (Å²) in [5.41, 5.74) is -2.74. The molecule has 0 aromatic carbocycles. The quantitative estimate of drug-likeness (QED) is 0.0481. The zero-order chi connectivity index (χ0) is 29.1. The second-order valence-corrected chi connectivity index (χ2v) is 10.0. The van der Waals surface area contributed by atoms with Crippen LogP contribution < -0.4 is 0 Å². The molecule has 0 saturated heterocycles. The number of aliphatic hydroxyl groups is 1. The average molecular weight is 607 g/mol. The second kappa shape index (κ2) is 25.0. The summed E-state index contributed by atoms with van der Waals surface area (Å²) < 4.78 is 35.6. The Morgan fingerprint density at radius 2 is 1.10 bits per heavy atom. The van der Waals surface area contributed by atoms with Crippen LogP contribution in [-0.4, -0.2) is 145 Å². The molecule has 0 aromatic heterocycles. The molecule has 220 valence electrons. The van der Waals surface area contributed by atoms with Gasteiger partial charge in [-0.3, -0.25) is 23.7 Å².